The monoisotopic (exact) mass is 485 g/mol. The molecule has 0 atom stereocenters. The van der Waals surface area contributed by atoms with Crippen molar-refractivity contribution in [1.29, 1.82) is 0 Å². The standard InChI is InChI=1S/C22H20ClN5O2S2/c1-15(29)28(18-6-4-3-5-7-18)21-24-17(13-31-21)14-32-22-26-25-20(27(22)2)12-30-19-10-8-16(23)9-11-19/h3-11,13H,12,14H2,1-2H3. The highest BCUT2D eigenvalue weighted by Gasteiger charge is 2.18. The first-order valence-electron chi connectivity index (χ1n) is 9.71. The molecular weight excluding hydrogens is 466 g/mol. The Morgan fingerprint density at radius 3 is 2.62 bits per heavy atom. The van der Waals surface area contributed by atoms with E-state index < -0.39 is 0 Å². The van der Waals surface area contributed by atoms with Crippen LogP contribution in [0.1, 0.15) is 18.4 Å². The molecule has 164 valence electrons. The molecule has 0 N–H and O–H groups in total. The molecule has 32 heavy (non-hydrogen) atoms. The summed E-state index contributed by atoms with van der Waals surface area (Å²) in [7, 11) is 1.91. The lowest BCUT2D eigenvalue weighted by Gasteiger charge is -2.17. The molecule has 0 bridgehead atoms. The zero-order valence-corrected chi connectivity index (χ0v) is 19.8. The highest BCUT2D eigenvalue weighted by Crippen LogP contribution is 2.31. The van der Waals surface area contributed by atoms with Crippen LogP contribution in [0.5, 0.6) is 5.75 Å². The van der Waals surface area contributed by atoms with Gasteiger partial charge in [-0.15, -0.1) is 21.5 Å². The van der Waals surface area contributed by atoms with E-state index in [4.69, 9.17) is 16.3 Å². The molecule has 1 amide bonds. The maximum absolute atomic E-state index is 12.2. The first-order valence-corrected chi connectivity index (χ1v) is 11.9. The number of anilines is 2. The van der Waals surface area contributed by atoms with Gasteiger partial charge in [-0.05, 0) is 36.4 Å². The predicted octanol–water partition coefficient (Wildman–Crippen LogP) is 5.48. The SMILES string of the molecule is CC(=O)N(c1ccccc1)c1nc(CSc2nnc(COc3ccc(Cl)cc3)n2C)cs1. The number of carbonyl (C=O) groups excluding carboxylic acids is 1. The largest absolute Gasteiger partial charge is 0.486 e. The van der Waals surface area contributed by atoms with Crippen molar-refractivity contribution in [3.63, 3.8) is 0 Å². The topological polar surface area (TPSA) is 73.1 Å². The number of amides is 1. The van der Waals surface area contributed by atoms with E-state index in [2.05, 4.69) is 15.2 Å². The van der Waals surface area contributed by atoms with Gasteiger partial charge >= 0.3 is 0 Å². The molecule has 4 rings (SSSR count). The molecule has 2 aromatic heterocycles. The van der Waals surface area contributed by atoms with Crippen molar-refractivity contribution in [2.45, 2.75) is 24.4 Å². The van der Waals surface area contributed by atoms with Crippen LogP contribution in [0.4, 0.5) is 10.8 Å². The van der Waals surface area contributed by atoms with E-state index in [-0.39, 0.29) is 5.91 Å². The molecule has 0 aliphatic rings. The lowest BCUT2D eigenvalue weighted by molar-refractivity contribution is -0.115. The fourth-order valence-electron chi connectivity index (χ4n) is 2.88. The van der Waals surface area contributed by atoms with E-state index in [9.17, 15) is 4.79 Å². The van der Waals surface area contributed by atoms with Crippen molar-refractivity contribution in [1.82, 2.24) is 19.7 Å². The summed E-state index contributed by atoms with van der Waals surface area (Å²) in [6.45, 7) is 1.84. The molecule has 0 saturated carbocycles. The Balaban J connectivity index is 1.39. The minimum Gasteiger partial charge on any atom is -0.486 e. The fourth-order valence-corrected chi connectivity index (χ4v) is 4.82. The van der Waals surface area contributed by atoms with Gasteiger partial charge < -0.3 is 9.30 Å². The molecular formula is C22H20ClN5O2S2. The second kappa shape index (κ2) is 10.2. The Bertz CT molecular complexity index is 1190. The van der Waals surface area contributed by atoms with Gasteiger partial charge in [-0.2, -0.15) is 0 Å². The molecule has 0 saturated heterocycles. The summed E-state index contributed by atoms with van der Waals surface area (Å²) in [6, 6.07) is 16.7. The van der Waals surface area contributed by atoms with E-state index in [0.717, 1.165) is 22.3 Å². The number of nitrogens with zero attached hydrogens (tertiary/aromatic N) is 5. The van der Waals surface area contributed by atoms with E-state index in [1.807, 2.05) is 59.5 Å². The molecule has 2 heterocycles. The van der Waals surface area contributed by atoms with Gasteiger partial charge in [0.15, 0.2) is 16.1 Å². The predicted molar refractivity (Wildman–Crippen MR) is 128 cm³/mol. The molecule has 0 unspecified atom stereocenters. The summed E-state index contributed by atoms with van der Waals surface area (Å²) >= 11 is 8.87. The highest BCUT2D eigenvalue weighted by molar-refractivity contribution is 7.98. The van der Waals surface area contributed by atoms with Crippen LogP contribution in [0.3, 0.4) is 0 Å². The maximum atomic E-state index is 12.2. The fraction of sp³-hybridized carbons (Fsp3) is 0.182. The molecule has 10 heteroatoms. The lowest BCUT2D eigenvalue weighted by atomic mass is 10.3. The van der Waals surface area contributed by atoms with E-state index >= 15 is 0 Å². The Kier molecular flexibility index (Phi) is 7.09. The molecule has 0 fully saturated rings. The van der Waals surface area contributed by atoms with Crippen LogP contribution in [0, 0.1) is 0 Å². The quantitative estimate of drug-likeness (QED) is 0.308. The zero-order chi connectivity index (χ0) is 22.5. The zero-order valence-electron chi connectivity index (χ0n) is 17.4. The van der Waals surface area contributed by atoms with E-state index in [1.54, 1.807) is 17.0 Å². The summed E-state index contributed by atoms with van der Waals surface area (Å²) in [5, 5.41) is 12.5. The second-order valence-corrected chi connectivity index (χ2v) is 9.02. The van der Waals surface area contributed by atoms with Crippen LogP contribution in [-0.4, -0.2) is 25.7 Å². The van der Waals surface area contributed by atoms with Crippen LogP contribution in [0.2, 0.25) is 5.02 Å². The number of carbonyl (C=O) groups is 1. The normalized spacial score (nSPS) is 10.8. The van der Waals surface area contributed by atoms with Gasteiger partial charge in [-0.25, -0.2) is 4.98 Å². The van der Waals surface area contributed by atoms with E-state index in [1.165, 1.54) is 30.0 Å². The third kappa shape index (κ3) is 5.29. The third-order valence-electron chi connectivity index (χ3n) is 4.52. The summed E-state index contributed by atoms with van der Waals surface area (Å²) in [4.78, 5) is 18.5. The van der Waals surface area contributed by atoms with Crippen molar-refractivity contribution in [2.75, 3.05) is 4.90 Å². The maximum Gasteiger partial charge on any atom is 0.230 e. The van der Waals surface area contributed by atoms with Crippen molar-refractivity contribution in [3.05, 3.63) is 76.5 Å². The number of rotatable bonds is 8. The second-order valence-electron chi connectivity index (χ2n) is 6.80. The number of aromatic nitrogens is 4. The van der Waals surface area contributed by atoms with Gasteiger partial charge in [-0.1, -0.05) is 41.6 Å². The Labute approximate surface area is 199 Å². The number of thiazole rings is 1. The average molecular weight is 486 g/mol. The minimum absolute atomic E-state index is 0.0802. The number of ether oxygens (including phenoxy) is 1. The van der Waals surface area contributed by atoms with Crippen LogP contribution >= 0.6 is 34.7 Å². The molecule has 0 aliphatic heterocycles. The van der Waals surface area contributed by atoms with Gasteiger partial charge in [-0.3, -0.25) is 9.69 Å². The van der Waals surface area contributed by atoms with Crippen molar-refractivity contribution in [3.8, 4) is 5.75 Å². The number of hydrogen-bond donors (Lipinski definition) is 0. The number of benzene rings is 2. The molecule has 4 aromatic rings. The molecule has 7 nitrogen and oxygen atoms in total. The number of thioether (sulfide) groups is 1. The number of hydrogen-bond acceptors (Lipinski definition) is 7. The first-order chi connectivity index (χ1) is 15.5. The van der Waals surface area contributed by atoms with Crippen molar-refractivity contribution >= 4 is 51.4 Å². The summed E-state index contributed by atoms with van der Waals surface area (Å²) in [5.74, 6) is 1.97. The van der Waals surface area contributed by atoms with Crippen LogP contribution in [0.25, 0.3) is 0 Å². The molecule has 0 radical (unpaired) electrons. The highest BCUT2D eigenvalue weighted by atomic mass is 35.5. The summed E-state index contributed by atoms with van der Waals surface area (Å²) in [5.41, 5.74) is 1.67. The molecule has 0 aliphatic carbocycles. The van der Waals surface area contributed by atoms with Crippen LogP contribution < -0.4 is 9.64 Å². The van der Waals surface area contributed by atoms with Gasteiger partial charge in [0.2, 0.25) is 5.91 Å². The van der Waals surface area contributed by atoms with Crippen molar-refractivity contribution in [2.24, 2.45) is 7.05 Å². The van der Waals surface area contributed by atoms with Gasteiger partial charge in [0.05, 0.1) is 11.4 Å². The number of para-hydroxylation sites is 1. The third-order valence-corrected chi connectivity index (χ3v) is 6.70. The minimum atomic E-state index is -0.0802. The van der Waals surface area contributed by atoms with Crippen LogP contribution in [-0.2, 0) is 24.2 Å². The van der Waals surface area contributed by atoms with Crippen LogP contribution in [0.15, 0.2) is 65.1 Å². The Morgan fingerprint density at radius 2 is 1.91 bits per heavy atom. The lowest BCUT2D eigenvalue weighted by Crippen LogP contribution is -2.22. The van der Waals surface area contributed by atoms with Gasteiger partial charge in [0.25, 0.3) is 0 Å². The Morgan fingerprint density at radius 1 is 1.16 bits per heavy atom. The smallest absolute Gasteiger partial charge is 0.230 e. The summed E-state index contributed by atoms with van der Waals surface area (Å²) in [6.07, 6.45) is 0. The van der Waals surface area contributed by atoms with Gasteiger partial charge in [0, 0.05) is 30.1 Å². The summed E-state index contributed by atoms with van der Waals surface area (Å²) < 4.78 is 7.66. The first kappa shape index (κ1) is 22.3. The van der Waals surface area contributed by atoms with E-state index in [0.29, 0.717) is 28.3 Å². The number of halogens is 1. The molecule has 2 aromatic carbocycles. The average Bonchev–Trinajstić information content (AvgIpc) is 3.39. The van der Waals surface area contributed by atoms with Gasteiger partial charge in [0.1, 0.15) is 12.4 Å². The van der Waals surface area contributed by atoms with Crippen molar-refractivity contribution < 1.29 is 9.53 Å². The Hall–Kier alpha value is -2.88. The molecule has 0 spiro atoms.